The van der Waals surface area contributed by atoms with Crippen molar-refractivity contribution in [1.29, 1.82) is 0 Å². The van der Waals surface area contributed by atoms with Crippen molar-refractivity contribution in [2.75, 3.05) is 13.1 Å². The first-order chi connectivity index (χ1) is 9.28. The Labute approximate surface area is 114 Å². The van der Waals surface area contributed by atoms with E-state index in [0.717, 1.165) is 38.8 Å². The van der Waals surface area contributed by atoms with E-state index in [1.165, 1.54) is 19.3 Å². The zero-order valence-electron chi connectivity index (χ0n) is 11.4. The summed E-state index contributed by atoms with van der Waals surface area (Å²) < 4.78 is 0. The molecular weight excluding hydrogens is 244 g/mol. The van der Waals surface area contributed by atoms with E-state index in [9.17, 15) is 9.59 Å². The maximum absolute atomic E-state index is 11.9. The third-order valence-electron chi connectivity index (χ3n) is 4.01. The first-order valence-corrected chi connectivity index (χ1v) is 7.29. The number of hydrogen-bond acceptors (Lipinski definition) is 3. The molecule has 1 aliphatic carbocycles. The standard InChI is InChI=1S/C13H24N4O2/c18-10-14-17-8-6-12(7-9-17)16-13(19)15-11-4-2-1-3-5-11/h10-12H,1-9H2,(H,14,18)(H2,15,16,19). The molecule has 1 aliphatic heterocycles. The van der Waals surface area contributed by atoms with Crippen molar-refractivity contribution < 1.29 is 9.59 Å². The van der Waals surface area contributed by atoms with Crippen LogP contribution in [0.3, 0.4) is 0 Å². The van der Waals surface area contributed by atoms with Gasteiger partial charge in [-0.15, -0.1) is 0 Å². The van der Waals surface area contributed by atoms with Gasteiger partial charge in [-0.1, -0.05) is 19.3 Å². The second kappa shape index (κ2) is 7.33. The van der Waals surface area contributed by atoms with Gasteiger partial charge in [-0.3, -0.25) is 10.2 Å². The highest BCUT2D eigenvalue weighted by Crippen LogP contribution is 2.17. The van der Waals surface area contributed by atoms with E-state index in [4.69, 9.17) is 0 Å². The van der Waals surface area contributed by atoms with Crippen LogP contribution in [0.5, 0.6) is 0 Å². The Hall–Kier alpha value is -1.30. The number of rotatable bonds is 4. The van der Waals surface area contributed by atoms with Gasteiger partial charge in [-0.2, -0.15) is 0 Å². The molecule has 108 valence electrons. The Bertz CT molecular complexity index is 297. The molecule has 0 spiro atoms. The molecule has 0 bridgehead atoms. The van der Waals surface area contributed by atoms with Crippen LogP contribution in [0, 0.1) is 0 Å². The lowest BCUT2D eigenvalue weighted by atomic mass is 9.96. The van der Waals surface area contributed by atoms with Crippen LogP contribution >= 0.6 is 0 Å². The van der Waals surface area contributed by atoms with Crippen LogP contribution in [0.2, 0.25) is 0 Å². The van der Waals surface area contributed by atoms with Crippen molar-refractivity contribution >= 4 is 12.4 Å². The van der Waals surface area contributed by atoms with Crippen molar-refractivity contribution in [3.8, 4) is 0 Å². The quantitative estimate of drug-likeness (QED) is 0.659. The number of carbonyl (C=O) groups excluding carboxylic acids is 2. The van der Waals surface area contributed by atoms with Crippen LogP contribution in [0.25, 0.3) is 0 Å². The zero-order chi connectivity index (χ0) is 13.5. The first kappa shape index (κ1) is 14.1. The van der Waals surface area contributed by atoms with Crippen molar-refractivity contribution in [2.45, 2.75) is 57.0 Å². The smallest absolute Gasteiger partial charge is 0.315 e. The van der Waals surface area contributed by atoms with Crippen molar-refractivity contribution in [2.24, 2.45) is 0 Å². The van der Waals surface area contributed by atoms with Crippen molar-refractivity contribution in [3.05, 3.63) is 0 Å². The fourth-order valence-corrected chi connectivity index (χ4v) is 2.89. The highest BCUT2D eigenvalue weighted by molar-refractivity contribution is 5.74. The number of hydrazine groups is 1. The van der Waals surface area contributed by atoms with Crippen LogP contribution in [0.1, 0.15) is 44.9 Å². The Balaban J connectivity index is 1.64. The SMILES string of the molecule is O=CNN1CCC(NC(=O)NC2CCCCC2)CC1. The molecule has 2 aliphatic rings. The summed E-state index contributed by atoms with van der Waals surface area (Å²) in [5, 5.41) is 7.98. The lowest BCUT2D eigenvalue weighted by Crippen LogP contribution is -2.52. The predicted molar refractivity (Wildman–Crippen MR) is 72.3 cm³/mol. The minimum absolute atomic E-state index is 0.0336. The number of urea groups is 1. The summed E-state index contributed by atoms with van der Waals surface area (Å²) >= 11 is 0. The average Bonchev–Trinajstić information content (AvgIpc) is 2.42. The maximum Gasteiger partial charge on any atom is 0.315 e. The largest absolute Gasteiger partial charge is 0.335 e. The fraction of sp³-hybridized carbons (Fsp3) is 0.846. The van der Waals surface area contributed by atoms with Crippen LogP contribution in [0.4, 0.5) is 4.79 Å². The average molecular weight is 268 g/mol. The van der Waals surface area contributed by atoms with E-state index in [-0.39, 0.29) is 12.1 Å². The van der Waals surface area contributed by atoms with Gasteiger partial charge in [0.05, 0.1) is 0 Å². The summed E-state index contributed by atoms with van der Waals surface area (Å²) in [6, 6.07) is 0.535. The molecule has 2 fully saturated rings. The predicted octanol–water partition coefficient (Wildman–Crippen LogP) is 0.744. The van der Waals surface area contributed by atoms with Gasteiger partial charge in [0.2, 0.25) is 6.41 Å². The lowest BCUT2D eigenvalue weighted by Gasteiger charge is -2.32. The second-order valence-corrected chi connectivity index (χ2v) is 5.46. The Kier molecular flexibility index (Phi) is 5.44. The van der Waals surface area contributed by atoms with Crippen LogP contribution in [-0.4, -0.2) is 42.6 Å². The van der Waals surface area contributed by atoms with Gasteiger partial charge in [0.15, 0.2) is 0 Å². The summed E-state index contributed by atoms with van der Waals surface area (Å²) in [5.41, 5.74) is 2.65. The van der Waals surface area contributed by atoms with E-state index in [2.05, 4.69) is 16.1 Å². The number of nitrogens with one attached hydrogen (secondary N) is 3. The van der Waals surface area contributed by atoms with E-state index < -0.39 is 0 Å². The monoisotopic (exact) mass is 268 g/mol. The summed E-state index contributed by atoms with van der Waals surface area (Å²) in [6.07, 6.45) is 8.40. The zero-order valence-corrected chi connectivity index (χ0v) is 11.4. The van der Waals surface area contributed by atoms with Crippen LogP contribution < -0.4 is 16.1 Å². The van der Waals surface area contributed by atoms with Gasteiger partial charge in [0.1, 0.15) is 0 Å². The van der Waals surface area contributed by atoms with Crippen LogP contribution in [-0.2, 0) is 4.79 Å². The normalized spacial score (nSPS) is 22.7. The van der Waals surface area contributed by atoms with Gasteiger partial charge in [0.25, 0.3) is 0 Å². The first-order valence-electron chi connectivity index (χ1n) is 7.29. The number of nitrogens with zero attached hydrogens (tertiary/aromatic N) is 1. The van der Waals surface area contributed by atoms with Gasteiger partial charge < -0.3 is 10.6 Å². The molecule has 1 heterocycles. The van der Waals surface area contributed by atoms with Crippen molar-refractivity contribution in [1.82, 2.24) is 21.1 Å². The number of hydrogen-bond donors (Lipinski definition) is 3. The Morgan fingerprint density at radius 3 is 2.11 bits per heavy atom. The Morgan fingerprint density at radius 2 is 1.53 bits per heavy atom. The van der Waals surface area contributed by atoms with Gasteiger partial charge >= 0.3 is 6.03 Å². The second-order valence-electron chi connectivity index (χ2n) is 5.46. The van der Waals surface area contributed by atoms with Gasteiger partial charge in [-0.25, -0.2) is 9.80 Å². The molecule has 2 rings (SSSR count). The molecule has 19 heavy (non-hydrogen) atoms. The third-order valence-corrected chi connectivity index (χ3v) is 4.01. The highest BCUT2D eigenvalue weighted by Gasteiger charge is 2.22. The Morgan fingerprint density at radius 1 is 0.947 bits per heavy atom. The van der Waals surface area contributed by atoms with E-state index in [1.54, 1.807) is 0 Å². The van der Waals surface area contributed by atoms with E-state index in [0.29, 0.717) is 12.5 Å². The minimum Gasteiger partial charge on any atom is -0.335 e. The summed E-state index contributed by atoms with van der Waals surface area (Å²) in [6.45, 7) is 1.57. The molecule has 6 nitrogen and oxygen atoms in total. The van der Waals surface area contributed by atoms with E-state index in [1.807, 2.05) is 5.01 Å². The molecule has 0 aromatic rings. The molecule has 0 unspecified atom stereocenters. The number of piperidine rings is 1. The van der Waals surface area contributed by atoms with Gasteiger partial charge in [-0.05, 0) is 25.7 Å². The molecule has 0 radical (unpaired) electrons. The van der Waals surface area contributed by atoms with Gasteiger partial charge in [0, 0.05) is 25.2 Å². The molecule has 3 amide bonds. The highest BCUT2D eigenvalue weighted by atomic mass is 16.2. The fourth-order valence-electron chi connectivity index (χ4n) is 2.89. The molecule has 1 saturated carbocycles. The molecule has 6 heteroatoms. The topological polar surface area (TPSA) is 73.5 Å². The number of amides is 3. The molecule has 0 atom stereocenters. The molecule has 3 N–H and O–H groups in total. The summed E-state index contributed by atoms with van der Waals surface area (Å²) in [5.74, 6) is 0. The van der Waals surface area contributed by atoms with Crippen molar-refractivity contribution in [3.63, 3.8) is 0 Å². The number of carbonyl (C=O) groups is 2. The molecule has 1 saturated heterocycles. The lowest BCUT2D eigenvalue weighted by molar-refractivity contribution is -0.114. The third kappa shape index (κ3) is 4.70. The molecule has 0 aromatic heterocycles. The molecule has 0 aromatic carbocycles. The van der Waals surface area contributed by atoms with Crippen LogP contribution in [0.15, 0.2) is 0 Å². The minimum atomic E-state index is -0.0336. The summed E-state index contributed by atoms with van der Waals surface area (Å²) in [7, 11) is 0. The van der Waals surface area contributed by atoms with E-state index >= 15 is 0 Å². The summed E-state index contributed by atoms with van der Waals surface area (Å²) in [4.78, 5) is 22.2. The maximum atomic E-state index is 11.9. The molecular formula is C13H24N4O2.